The summed E-state index contributed by atoms with van der Waals surface area (Å²) < 4.78 is 0. The molecule has 0 bridgehead atoms. The van der Waals surface area contributed by atoms with Gasteiger partial charge in [0.1, 0.15) is 0 Å². The van der Waals surface area contributed by atoms with Crippen molar-refractivity contribution in [2.75, 3.05) is 19.6 Å². The Morgan fingerprint density at radius 3 is 2.49 bits per heavy atom. The highest BCUT2D eigenvalue weighted by atomic mass is 32.1. The van der Waals surface area contributed by atoms with Crippen molar-refractivity contribution in [2.45, 2.75) is 45.2 Å². The number of carbonyl (C=O) groups is 2. The number of nitrogens with one attached hydrogen (secondary N) is 1. The molecule has 1 aromatic carbocycles. The van der Waals surface area contributed by atoms with Crippen LogP contribution < -0.4 is 5.32 Å². The SMILES string of the molecule is Cc1cc(C)cc(CN2CCC(C3(c4ccccn4)NC(=O)N(CCc4cccs4)C3=O)CC2)c1. The minimum Gasteiger partial charge on any atom is -0.318 e. The van der Waals surface area contributed by atoms with Crippen LogP contribution in [0.5, 0.6) is 0 Å². The first kappa shape index (κ1) is 23.7. The molecule has 3 aromatic rings. The van der Waals surface area contributed by atoms with Gasteiger partial charge in [0.25, 0.3) is 5.91 Å². The van der Waals surface area contributed by atoms with E-state index in [2.05, 4.69) is 47.2 Å². The molecule has 35 heavy (non-hydrogen) atoms. The highest BCUT2D eigenvalue weighted by Gasteiger charge is 2.57. The summed E-state index contributed by atoms with van der Waals surface area (Å²) in [5.41, 5.74) is 3.44. The number of aromatic nitrogens is 1. The highest BCUT2D eigenvalue weighted by Crippen LogP contribution is 2.41. The summed E-state index contributed by atoms with van der Waals surface area (Å²) in [6.45, 7) is 7.31. The molecule has 2 saturated heterocycles. The minimum atomic E-state index is -1.10. The zero-order valence-corrected chi connectivity index (χ0v) is 21.2. The number of benzene rings is 1. The van der Waals surface area contributed by atoms with Crippen molar-refractivity contribution in [3.05, 3.63) is 87.4 Å². The first-order valence-corrected chi connectivity index (χ1v) is 13.2. The first-order valence-electron chi connectivity index (χ1n) is 12.3. The molecule has 4 heterocycles. The fourth-order valence-electron chi connectivity index (χ4n) is 5.67. The average Bonchev–Trinajstić information content (AvgIpc) is 3.45. The van der Waals surface area contributed by atoms with Crippen molar-refractivity contribution in [1.29, 1.82) is 0 Å². The Morgan fingerprint density at radius 2 is 1.83 bits per heavy atom. The molecule has 0 spiro atoms. The molecule has 2 aromatic heterocycles. The van der Waals surface area contributed by atoms with E-state index in [0.29, 0.717) is 18.7 Å². The summed E-state index contributed by atoms with van der Waals surface area (Å²) in [4.78, 5) is 36.6. The van der Waals surface area contributed by atoms with Crippen LogP contribution >= 0.6 is 11.3 Å². The molecule has 2 aliphatic heterocycles. The standard InChI is InChI=1S/C28H32N4O2S/c1-20-16-21(2)18-22(17-20)19-31-12-8-23(9-13-31)28(25-7-3-4-11-29-25)26(33)32(27(34)30-28)14-10-24-6-5-15-35-24/h3-7,11,15-18,23H,8-10,12-14,19H2,1-2H3,(H,30,34). The van der Waals surface area contributed by atoms with Crippen LogP contribution in [0, 0.1) is 19.8 Å². The smallest absolute Gasteiger partial charge is 0.318 e. The number of carbonyl (C=O) groups excluding carboxylic acids is 2. The molecule has 1 atom stereocenters. The Hall–Kier alpha value is -3.03. The number of aryl methyl sites for hydroxylation is 2. The number of thiophene rings is 1. The second kappa shape index (κ2) is 9.91. The lowest BCUT2D eigenvalue weighted by molar-refractivity contribution is -0.134. The zero-order chi connectivity index (χ0) is 24.4. The Balaban J connectivity index is 1.34. The van der Waals surface area contributed by atoms with E-state index in [-0.39, 0.29) is 17.9 Å². The van der Waals surface area contributed by atoms with E-state index in [1.165, 1.54) is 26.5 Å². The zero-order valence-electron chi connectivity index (χ0n) is 20.4. The van der Waals surface area contributed by atoms with Gasteiger partial charge in [-0.05, 0) is 81.3 Å². The maximum Gasteiger partial charge on any atom is 0.325 e. The van der Waals surface area contributed by atoms with Crippen molar-refractivity contribution < 1.29 is 9.59 Å². The summed E-state index contributed by atoms with van der Waals surface area (Å²) in [5, 5.41) is 5.14. The van der Waals surface area contributed by atoms with Gasteiger partial charge in [0, 0.05) is 24.2 Å². The molecule has 0 aliphatic carbocycles. The minimum absolute atomic E-state index is 0.00363. The van der Waals surface area contributed by atoms with Gasteiger partial charge in [0.05, 0.1) is 5.69 Å². The molecule has 1 N–H and O–H groups in total. The number of likely N-dealkylation sites (tertiary alicyclic amines) is 1. The van der Waals surface area contributed by atoms with E-state index >= 15 is 0 Å². The number of rotatable bonds is 7. The Labute approximate surface area is 211 Å². The van der Waals surface area contributed by atoms with Crippen LogP contribution in [0.2, 0.25) is 0 Å². The van der Waals surface area contributed by atoms with E-state index in [1.807, 2.05) is 35.7 Å². The third-order valence-corrected chi connectivity index (χ3v) is 8.19. The van der Waals surface area contributed by atoms with Crippen LogP contribution in [0.1, 0.15) is 40.1 Å². The van der Waals surface area contributed by atoms with Crippen molar-refractivity contribution in [2.24, 2.45) is 5.92 Å². The van der Waals surface area contributed by atoms with E-state index in [1.54, 1.807) is 17.5 Å². The van der Waals surface area contributed by atoms with Gasteiger partial charge in [-0.1, -0.05) is 41.5 Å². The third kappa shape index (κ3) is 4.75. The molecule has 3 amide bonds. The number of piperidine rings is 1. The van der Waals surface area contributed by atoms with Gasteiger partial charge in [-0.15, -0.1) is 11.3 Å². The van der Waals surface area contributed by atoms with Gasteiger partial charge in [0.2, 0.25) is 0 Å². The fraction of sp³-hybridized carbons (Fsp3) is 0.393. The van der Waals surface area contributed by atoms with E-state index in [0.717, 1.165) is 32.5 Å². The van der Waals surface area contributed by atoms with Crippen LogP contribution in [-0.2, 0) is 23.3 Å². The van der Waals surface area contributed by atoms with Crippen molar-refractivity contribution in [1.82, 2.24) is 20.1 Å². The van der Waals surface area contributed by atoms with Crippen molar-refractivity contribution >= 4 is 23.3 Å². The molecule has 0 saturated carbocycles. The first-order chi connectivity index (χ1) is 17.0. The van der Waals surface area contributed by atoms with Gasteiger partial charge >= 0.3 is 6.03 Å². The van der Waals surface area contributed by atoms with Crippen LogP contribution in [0.4, 0.5) is 4.79 Å². The summed E-state index contributed by atoms with van der Waals surface area (Å²) >= 11 is 1.65. The molecule has 5 rings (SSSR count). The molecule has 182 valence electrons. The van der Waals surface area contributed by atoms with Gasteiger partial charge < -0.3 is 5.32 Å². The summed E-state index contributed by atoms with van der Waals surface area (Å²) in [5.74, 6) is -0.165. The molecule has 7 heteroatoms. The Kier molecular flexibility index (Phi) is 6.71. The number of imide groups is 1. The maximum atomic E-state index is 13.9. The molecule has 1 unspecified atom stereocenters. The normalized spacial score (nSPS) is 21.5. The van der Waals surface area contributed by atoms with Gasteiger partial charge in [-0.25, -0.2) is 4.79 Å². The van der Waals surface area contributed by atoms with E-state index < -0.39 is 5.54 Å². The van der Waals surface area contributed by atoms with Crippen molar-refractivity contribution in [3.63, 3.8) is 0 Å². The van der Waals surface area contributed by atoms with Gasteiger partial charge in [0.15, 0.2) is 5.54 Å². The lowest BCUT2D eigenvalue weighted by atomic mass is 9.75. The third-order valence-electron chi connectivity index (χ3n) is 7.25. The largest absolute Gasteiger partial charge is 0.325 e. The van der Waals surface area contributed by atoms with Gasteiger partial charge in [-0.3, -0.25) is 19.6 Å². The van der Waals surface area contributed by atoms with Crippen LogP contribution in [-0.4, -0.2) is 46.4 Å². The molecule has 2 aliphatic rings. The highest BCUT2D eigenvalue weighted by molar-refractivity contribution is 7.09. The van der Waals surface area contributed by atoms with Gasteiger partial charge in [-0.2, -0.15) is 0 Å². The fourth-order valence-corrected chi connectivity index (χ4v) is 6.37. The lowest BCUT2D eigenvalue weighted by Gasteiger charge is -2.40. The van der Waals surface area contributed by atoms with E-state index in [4.69, 9.17) is 0 Å². The summed E-state index contributed by atoms with van der Waals surface area (Å²) in [6, 6.07) is 16.0. The summed E-state index contributed by atoms with van der Waals surface area (Å²) in [7, 11) is 0. The molecular formula is C28H32N4O2S. The predicted molar refractivity (Wildman–Crippen MR) is 138 cm³/mol. The molecule has 0 radical (unpaired) electrons. The Morgan fingerprint density at radius 1 is 1.06 bits per heavy atom. The van der Waals surface area contributed by atoms with E-state index in [9.17, 15) is 9.59 Å². The number of urea groups is 1. The predicted octanol–water partition coefficient (Wildman–Crippen LogP) is 4.66. The monoisotopic (exact) mass is 488 g/mol. The molecular weight excluding hydrogens is 456 g/mol. The average molecular weight is 489 g/mol. The second-order valence-electron chi connectivity index (χ2n) is 9.79. The van der Waals surface area contributed by atoms with Crippen LogP contribution in [0.25, 0.3) is 0 Å². The lowest BCUT2D eigenvalue weighted by Crippen LogP contribution is -2.54. The van der Waals surface area contributed by atoms with Crippen LogP contribution in [0.15, 0.2) is 60.1 Å². The number of pyridine rings is 1. The molecule has 6 nitrogen and oxygen atoms in total. The van der Waals surface area contributed by atoms with Crippen LogP contribution in [0.3, 0.4) is 0 Å². The number of amides is 3. The number of hydrogen-bond donors (Lipinski definition) is 1. The van der Waals surface area contributed by atoms with Crippen molar-refractivity contribution in [3.8, 4) is 0 Å². The topological polar surface area (TPSA) is 65.5 Å². The number of hydrogen-bond acceptors (Lipinski definition) is 5. The second-order valence-corrected chi connectivity index (χ2v) is 10.8. The quantitative estimate of drug-likeness (QED) is 0.491. The summed E-state index contributed by atoms with van der Waals surface area (Å²) in [6.07, 6.45) is 4.03. The number of nitrogens with zero attached hydrogens (tertiary/aromatic N) is 3. The maximum absolute atomic E-state index is 13.9. The Bertz CT molecular complexity index is 1170. The molecule has 2 fully saturated rings.